The number of hydrogen-bond donors (Lipinski definition) is 1. The van der Waals surface area contributed by atoms with Crippen molar-refractivity contribution in [1.29, 1.82) is 0 Å². The summed E-state index contributed by atoms with van der Waals surface area (Å²) in [5, 5.41) is 2.79. The molecule has 0 saturated heterocycles. The number of benzene rings is 1. The number of alkyl halides is 3. The Morgan fingerprint density at radius 1 is 1.24 bits per heavy atom. The van der Waals surface area contributed by atoms with Crippen LogP contribution in [0.2, 0.25) is 0 Å². The van der Waals surface area contributed by atoms with E-state index in [0.29, 0.717) is 17.8 Å². The molecule has 0 saturated carbocycles. The minimum Gasteiger partial charge on any atom is -0.344 e. The van der Waals surface area contributed by atoms with Gasteiger partial charge in [-0.25, -0.2) is 9.97 Å². The lowest BCUT2D eigenvalue weighted by atomic mass is 9.95. The first-order valence-corrected chi connectivity index (χ1v) is 7.94. The molecule has 0 aliphatic heterocycles. The third-order valence-corrected chi connectivity index (χ3v) is 3.64. The zero-order chi connectivity index (χ0) is 18.6. The quantitative estimate of drug-likeness (QED) is 0.873. The average molecular weight is 351 g/mol. The molecular weight excluding hydrogens is 331 g/mol. The summed E-state index contributed by atoms with van der Waals surface area (Å²) in [5.74, 6) is 0.202. The second-order valence-corrected chi connectivity index (χ2v) is 6.27. The van der Waals surface area contributed by atoms with Crippen LogP contribution in [0.1, 0.15) is 53.7 Å². The van der Waals surface area contributed by atoms with Crippen molar-refractivity contribution >= 4 is 5.91 Å². The summed E-state index contributed by atoms with van der Waals surface area (Å²) in [7, 11) is 0. The molecule has 0 aliphatic carbocycles. The van der Waals surface area contributed by atoms with Crippen molar-refractivity contribution in [2.24, 2.45) is 5.92 Å². The largest absolute Gasteiger partial charge is 0.416 e. The lowest BCUT2D eigenvalue weighted by Crippen LogP contribution is -2.30. The van der Waals surface area contributed by atoms with Gasteiger partial charge in [-0.05, 0) is 43.0 Å². The van der Waals surface area contributed by atoms with E-state index in [0.717, 1.165) is 12.1 Å². The third kappa shape index (κ3) is 5.27. The fourth-order valence-corrected chi connectivity index (χ4v) is 2.50. The maximum atomic E-state index is 13.0. The van der Waals surface area contributed by atoms with Gasteiger partial charge in [-0.3, -0.25) is 4.79 Å². The first-order valence-electron chi connectivity index (χ1n) is 7.94. The smallest absolute Gasteiger partial charge is 0.344 e. The van der Waals surface area contributed by atoms with Crippen LogP contribution < -0.4 is 5.32 Å². The maximum absolute atomic E-state index is 13.0. The minimum atomic E-state index is -4.42. The number of carbonyl (C=O) groups excluding carboxylic acids is 1. The van der Waals surface area contributed by atoms with Gasteiger partial charge in [-0.15, -0.1) is 0 Å². The molecule has 1 heterocycles. The molecule has 1 unspecified atom stereocenters. The molecule has 0 fully saturated rings. The summed E-state index contributed by atoms with van der Waals surface area (Å²) in [6.45, 7) is 5.55. The van der Waals surface area contributed by atoms with Gasteiger partial charge >= 0.3 is 6.18 Å². The maximum Gasteiger partial charge on any atom is 0.416 e. The predicted molar refractivity (Wildman–Crippen MR) is 87.9 cm³/mol. The number of nitrogens with zero attached hydrogens (tertiary/aromatic N) is 2. The van der Waals surface area contributed by atoms with Crippen molar-refractivity contribution in [3.8, 4) is 0 Å². The lowest BCUT2D eigenvalue weighted by molar-refractivity contribution is -0.137. The molecule has 2 aromatic rings. The molecule has 0 radical (unpaired) electrons. The monoisotopic (exact) mass is 351 g/mol. The van der Waals surface area contributed by atoms with Crippen molar-refractivity contribution < 1.29 is 18.0 Å². The van der Waals surface area contributed by atoms with Crippen LogP contribution in [-0.4, -0.2) is 15.9 Å². The number of nitrogens with one attached hydrogen (secondary N) is 1. The Hall–Kier alpha value is -2.44. The van der Waals surface area contributed by atoms with Gasteiger partial charge in [0.05, 0.1) is 11.6 Å². The number of hydrogen-bond acceptors (Lipinski definition) is 3. The molecule has 1 amide bonds. The molecule has 1 N–H and O–H groups in total. The number of amides is 1. The number of aromatic nitrogens is 2. The molecule has 25 heavy (non-hydrogen) atoms. The predicted octanol–water partition coefficient (Wildman–Crippen LogP) is 4.32. The summed E-state index contributed by atoms with van der Waals surface area (Å²) >= 11 is 0. The first kappa shape index (κ1) is 18.9. The van der Waals surface area contributed by atoms with Crippen molar-refractivity contribution in [2.45, 2.75) is 39.4 Å². The van der Waals surface area contributed by atoms with Crippen LogP contribution in [0.25, 0.3) is 0 Å². The SMILES string of the molecule is Cc1nccc(C(=O)NC(CC(C)C)c2cccc(C(F)(F)F)c2)n1. The zero-order valence-corrected chi connectivity index (χ0v) is 14.3. The fourth-order valence-electron chi connectivity index (χ4n) is 2.50. The van der Waals surface area contributed by atoms with Gasteiger partial charge in [-0.2, -0.15) is 13.2 Å². The topological polar surface area (TPSA) is 54.9 Å². The zero-order valence-electron chi connectivity index (χ0n) is 14.3. The van der Waals surface area contributed by atoms with Crippen molar-refractivity contribution in [2.75, 3.05) is 0 Å². The van der Waals surface area contributed by atoms with E-state index in [9.17, 15) is 18.0 Å². The summed E-state index contributed by atoms with van der Waals surface area (Å²) in [5.41, 5.74) is -0.123. The number of carbonyl (C=O) groups is 1. The normalized spacial score (nSPS) is 12.9. The summed E-state index contributed by atoms with van der Waals surface area (Å²) < 4.78 is 38.9. The summed E-state index contributed by atoms with van der Waals surface area (Å²) in [6, 6.07) is 5.98. The summed E-state index contributed by atoms with van der Waals surface area (Å²) in [4.78, 5) is 20.4. The number of rotatable bonds is 5. The van der Waals surface area contributed by atoms with E-state index in [2.05, 4.69) is 15.3 Å². The Morgan fingerprint density at radius 3 is 2.56 bits per heavy atom. The van der Waals surface area contributed by atoms with Crippen LogP contribution >= 0.6 is 0 Å². The molecule has 1 aromatic heterocycles. The highest BCUT2D eigenvalue weighted by atomic mass is 19.4. The van der Waals surface area contributed by atoms with Gasteiger partial charge < -0.3 is 5.32 Å². The number of halogens is 3. The molecule has 0 aliphatic rings. The van der Waals surface area contributed by atoms with Crippen LogP contribution in [0.5, 0.6) is 0 Å². The highest BCUT2D eigenvalue weighted by Gasteiger charge is 2.31. The molecule has 7 heteroatoms. The Morgan fingerprint density at radius 2 is 1.96 bits per heavy atom. The standard InChI is InChI=1S/C18H20F3N3O/c1-11(2)9-16(13-5-4-6-14(10-13)18(19,20)21)24-17(25)15-7-8-22-12(3)23-15/h4-8,10-11,16H,9H2,1-3H3,(H,24,25). The van der Waals surface area contributed by atoms with E-state index >= 15 is 0 Å². The summed E-state index contributed by atoms with van der Waals surface area (Å²) in [6.07, 6.45) is -2.44. The van der Waals surface area contributed by atoms with E-state index in [1.54, 1.807) is 13.0 Å². The van der Waals surface area contributed by atoms with Gasteiger partial charge in [0.2, 0.25) is 0 Å². The van der Waals surface area contributed by atoms with E-state index < -0.39 is 23.7 Å². The highest BCUT2D eigenvalue weighted by Crippen LogP contribution is 2.32. The second kappa shape index (κ2) is 7.63. The minimum absolute atomic E-state index is 0.187. The average Bonchev–Trinajstić information content (AvgIpc) is 2.53. The molecule has 2 rings (SSSR count). The highest BCUT2D eigenvalue weighted by molar-refractivity contribution is 5.92. The van der Waals surface area contributed by atoms with Crippen LogP contribution in [0.3, 0.4) is 0 Å². The first-order chi connectivity index (χ1) is 11.7. The molecule has 134 valence electrons. The molecule has 4 nitrogen and oxygen atoms in total. The van der Waals surface area contributed by atoms with Crippen LogP contribution in [0.4, 0.5) is 13.2 Å². The molecule has 0 spiro atoms. The van der Waals surface area contributed by atoms with Gasteiger partial charge in [0.15, 0.2) is 0 Å². The Balaban J connectivity index is 2.29. The Bertz CT molecular complexity index is 744. The van der Waals surface area contributed by atoms with Crippen LogP contribution in [-0.2, 0) is 6.18 Å². The van der Waals surface area contributed by atoms with E-state index in [-0.39, 0.29) is 11.6 Å². The molecule has 1 atom stereocenters. The second-order valence-electron chi connectivity index (χ2n) is 6.27. The van der Waals surface area contributed by atoms with E-state index in [1.165, 1.54) is 18.3 Å². The van der Waals surface area contributed by atoms with Crippen molar-refractivity contribution in [1.82, 2.24) is 15.3 Å². The van der Waals surface area contributed by atoms with Gasteiger partial charge in [0.1, 0.15) is 11.5 Å². The van der Waals surface area contributed by atoms with E-state index in [1.807, 2.05) is 13.8 Å². The van der Waals surface area contributed by atoms with Crippen LogP contribution in [0.15, 0.2) is 36.5 Å². The Labute approximate surface area is 144 Å². The van der Waals surface area contributed by atoms with Crippen LogP contribution in [0, 0.1) is 12.8 Å². The van der Waals surface area contributed by atoms with Gasteiger partial charge in [-0.1, -0.05) is 26.0 Å². The lowest BCUT2D eigenvalue weighted by Gasteiger charge is -2.22. The molecule has 1 aromatic carbocycles. The van der Waals surface area contributed by atoms with Gasteiger partial charge in [0, 0.05) is 6.20 Å². The third-order valence-electron chi connectivity index (χ3n) is 3.64. The van der Waals surface area contributed by atoms with E-state index in [4.69, 9.17) is 0 Å². The van der Waals surface area contributed by atoms with Gasteiger partial charge in [0.25, 0.3) is 5.91 Å². The molecular formula is C18H20F3N3O. The fraction of sp³-hybridized carbons (Fsp3) is 0.389. The molecule has 0 bridgehead atoms. The Kier molecular flexibility index (Phi) is 5.77. The number of aryl methyl sites for hydroxylation is 1. The van der Waals surface area contributed by atoms with Crippen molar-refractivity contribution in [3.63, 3.8) is 0 Å². The van der Waals surface area contributed by atoms with Crippen molar-refractivity contribution in [3.05, 3.63) is 59.2 Å².